The largest absolute Gasteiger partial charge is 0.453 e. The molecule has 0 saturated heterocycles. The van der Waals surface area contributed by atoms with Crippen molar-refractivity contribution in [2.24, 2.45) is 0 Å². The number of ether oxygens (including phenoxy) is 2. The van der Waals surface area contributed by atoms with Gasteiger partial charge in [-0.3, -0.25) is 0 Å². The quantitative estimate of drug-likeness (QED) is 0.340. The van der Waals surface area contributed by atoms with Gasteiger partial charge in [-0.15, -0.1) is 0 Å². The molecule has 0 N–H and O–H groups in total. The van der Waals surface area contributed by atoms with Crippen molar-refractivity contribution in [2.45, 2.75) is 37.1 Å². The molecule has 1 aliphatic heterocycles. The maximum atomic E-state index is 13.2. The molecule has 6 nitrogen and oxygen atoms in total. The van der Waals surface area contributed by atoms with Crippen molar-refractivity contribution in [1.29, 1.82) is 0 Å². The first kappa shape index (κ1) is 25.9. The molecule has 0 bridgehead atoms. The maximum Gasteiger partial charge on any atom is 0.420 e. The minimum absolute atomic E-state index is 0.507. The minimum atomic E-state index is -1.98. The van der Waals surface area contributed by atoms with Gasteiger partial charge in [0.05, 0.1) is 11.4 Å². The highest BCUT2D eigenvalue weighted by atomic mass is 35.6. The predicted octanol–water partition coefficient (Wildman–Crippen LogP) is 7.69. The van der Waals surface area contributed by atoms with Crippen molar-refractivity contribution in [3.05, 3.63) is 36.4 Å². The van der Waals surface area contributed by atoms with E-state index in [1.165, 1.54) is 4.90 Å². The Hall–Kier alpha value is -1.73. The van der Waals surface area contributed by atoms with Crippen LogP contribution < -0.4 is 19.4 Å². The van der Waals surface area contributed by atoms with Crippen LogP contribution in [0.4, 0.5) is 27.5 Å². The van der Waals surface area contributed by atoms with Crippen molar-refractivity contribution in [3.8, 4) is 11.5 Å². The minimum Gasteiger partial charge on any atom is -0.453 e. The number of hydrogen-bond donors (Lipinski definition) is 0. The third-order valence-electron chi connectivity index (χ3n) is 5.49. The molecule has 33 heavy (non-hydrogen) atoms. The number of rotatable bonds is 7. The maximum absolute atomic E-state index is 13.2. The van der Waals surface area contributed by atoms with Crippen LogP contribution >= 0.6 is 46.4 Å². The molecule has 0 spiro atoms. The molecule has 0 fully saturated rings. The van der Waals surface area contributed by atoms with E-state index in [0.29, 0.717) is 22.9 Å². The van der Waals surface area contributed by atoms with Gasteiger partial charge >= 0.3 is 6.09 Å². The van der Waals surface area contributed by atoms with E-state index in [4.69, 9.17) is 55.9 Å². The zero-order valence-corrected chi connectivity index (χ0v) is 22.0. The lowest BCUT2D eigenvalue weighted by Gasteiger charge is -2.33. The molecule has 1 unspecified atom stereocenters. The second kappa shape index (κ2) is 10.7. The van der Waals surface area contributed by atoms with Gasteiger partial charge in [-0.2, -0.15) is 0 Å². The standard InChI is InChI=1S/C23H27Cl4N3O3/c1-5-28(6-2)15-9-11-17-19(13-15)32-20-14-16(29(7-3)8-4)10-12-18(20)30(17)22(31)33-21(24)23(25,26)27/h9-14,21H,5-8H2,1-4H3. The van der Waals surface area contributed by atoms with E-state index < -0.39 is 15.4 Å². The van der Waals surface area contributed by atoms with Gasteiger partial charge in [-0.1, -0.05) is 46.4 Å². The molecule has 0 aromatic heterocycles. The summed E-state index contributed by atoms with van der Waals surface area (Å²) in [6, 6.07) is 11.3. The molecule has 1 aliphatic rings. The van der Waals surface area contributed by atoms with Gasteiger partial charge in [0.25, 0.3) is 0 Å². The van der Waals surface area contributed by atoms with Gasteiger partial charge < -0.3 is 19.3 Å². The average Bonchev–Trinajstić information content (AvgIpc) is 2.78. The van der Waals surface area contributed by atoms with Gasteiger partial charge in [0, 0.05) is 49.7 Å². The lowest BCUT2D eigenvalue weighted by atomic mass is 10.1. The molecule has 0 radical (unpaired) electrons. The van der Waals surface area contributed by atoms with Crippen LogP contribution in [0.1, 0.15) is 27.7 Å². The summed E-state index contributed by atoms with van der Waals surface area (Å²) in [4.78, 5) is 19.0. The van der Waals surface area contributed by atoms with Gasteiger partial charge in [-0.05, 0) is 52.0 Å². The number of carbonyl (C=O) groups is 1. The lowest BCUT2D eigenvalue weighted by Crippen LogP contribution is -2.35. The zero-order valence-electron chi connectivity index (χ0n) is 18.9. The second-order valence-electron chi connectivity index (χ2n) is 7.33. The summed E-state index contributed by atoms with van der Waals surface area (Å²) >= 11 is 23.5. The van der Waals surface area contributed by atoms with Gasteiger partial charge in [-0.25, -0.2) is 9.69 Å². The van der Waals surface area contributed by atoms with Crippen LogP contribution in [0.15, 0.2) is 36.4 Å². The topological polar surface area (TPSA) is 45.2 Å². The van der Waals surface area contributed by atoms with Crippen LogP contribution in [0.5, 0.6) is 11.5 Å². The Balaban J connectivity index is 2.09. The van der Waals surface area contributed by atoms with Crippen LogP contribution in [0.2, 0.25) is 0 Å². The highest BCUT2D eigenvalue weighted by molar-refractivity contribution is 6.70. The van der Waals surface area contributed by atoms with E-state index in [0.717, 1.165) is 37.6 Å². The summed E-state index contributed by atoms with van der Waals surface area (Å²) in [6.45, 7) is 11.7. The van der Waals surface area contributed by atoms with E-state index in [1.54, 1.807) is 0 Å². The first-order valence-corrected chi connectivity index (χ1v) is 12.4. The fourth-order valence-corrected chi connectivity index (χ4v) is 3.97. The fourth-order valence-electron chi connectivity index (χ4n) is 3.76. The van der Waals surface area contributed by atoms with Gasteiger partial charge in [0.2, 0.25) is 9.36 Å². The summed E-state index contributed by atoms with van der Waals surface area (Å²) in [5.74, 6) is 1.03. The molecule has 1 amide bonds. The molecule has 1 heterocycles. The Bertz CT molecular complexity index is 930. The molecular formula is C23H27Cl4N3O3. The first-order chi connectivity index (χ1) is 15.6. The number of benzene rings is 2. The second-order valence-corrected chi connectivity index (χ2v) is 10.1. The number of carbonyl (C=O) groups excluding carboxylic acids is 1. The summed E-state index contributed by atoms with van der Waals surface area (Å²) < 4.78 is 9.59. The Morgan fingerprint density at radius 1 is 0.909 bits per heavy atom. The van der Waals surface area contributed by atoms with Crippen molar-refractivity contribution in [1.82, 2.24) is 0 Å². The molecule has 3 rings (SSSR count). The molecule has 0 saturated carbocycles. The van der Waals surface area contributed by atoms with Crippen LogP contribution in [-0.2, 0) is 4.74 Å². The third-order valence-corrected chi connectivity index (χ3v) is 6.84. The van der Waals surface area contributed by atoms with Gasteiger partial charge in [0.15, 0.2) is 11.5 Å². The number of fused-ring (bicyclic) bond motifs is 2. The number of anilines is 4. The number of amides is 1. The number of alkyl halides is 4. The summed E-state index contributed by atoms with van der Waals surface area (Å²) in [5.41, 5.74) is 1.49. The van der Waals surface area contributed by atoms with Crippen molar-refractivity contribution < 1.29 is 14.3 Å². The van der Waals surface area contributed by atoms with Crippen LogP contribution in [0, 0.1) is 0 Å². The number of hydrogen-bond acceptors (Lipinski definition) is 5. The molecule has 10 heteroatoms. The fraction of sp³-hybridized carbons (Fsp3) is 0.435. The number of nitrogens with zero attached hydrogens (tertiary/aromatic N) is 3. The Morgan fingerprint density at radius 3 is 1.70 bits per heavy atom. The smallest absolute Gasteiger partial charge is 0.420 e. The Labute approximate surface area is 214 Å². The van der Waals surface area contributed by atoms with E-state index in [-0.39, 0.29) is 0 Å². The third kappa shape index (κ3) is 5.51. The van der Waals surface area contributed by atoms with E-state index in [9.17, 15) is 4.79 Å². The van der Waals surface area contributed by atoms with Crippen molar-refractivity contribution in [3.63, 3.8) is 0 Å². The normalized spacial score (nSPS) is 13.5. The molecule has 0 aliphatic carbocycles. The van der Waals surface area contributed by atoms with Crippen molar-refractivity contribution in [2.75, 3.05) is 40.9 Å². The highest BCUT2D eigenvalue weighted by Crippen LogP contribution is 2.49. The zero-order chi connectivity index (χ0) is 24.3. The molecule has 2 aromatic rings. The molecule has 1 atom stereocenters. The molecular weight excluding hydrogens is 508 g/mol. The molecule has 2 aromatic carbocycles. The first-order valence-electron chi connectivity index (χ1n) is 10.8. The SMILES string of the molecule is CCN(CC)c1ccc2c(c1)Oc1cc(N(CC)CC)ccc1N2C(=O)OC(Cl)C(Cl)(Cl)Cl. The van der Waals surface area contributed by atoms with Crippen LogP contribution in [0.25, 0.3) is 0 Å². The Morgan fingerprint density at radius 2 is 1.33 bits per heavy atom. The molecule has 180 valence electrons. The van der Waals surface area contributed by atoms with E-state index >= 15 is 0 Å². The van der Waals surface area contributed by atoms with E-state index in [1.807, 2.05) is 36.4 Å². The summed E-state index contributed by atoms with van der Waals surface area (Å²) in [5, 5.41) is 0. The number of halogens is 4. The monoisotopic (exact) mass is 533 g/mol. The Kier molecular flexibility index (Phi) is 8.38. The van der Waals surface area contributed by atoms with Crippen molar-refractivity contribution >= 4 is 75.2 Å². The highest BCUT2D eigenvalue weighted by Gasteiger charge is 2.38. The average molecular weight is 535 g/mol. The van der Waals surface area contributed by atoms with Gasteiger partial charge in [0.1, 0.15) is 0 Å². The van der Waals surface area contributed by atoms with Crippen LogP contribution in [-0.4, -0.2) is 41.6 Å². The lowest BCUT2D eigenvalue weighted by molar-refractivity contribution is 0.143. The summed E-state index contributed by atoms with van der Waals surface area (Å²) in [6.07, 6.45) is -0.779. The van der Waals surface area contributed by atoms with Crippen LogP contribution in [0.3, 0.4) is 0 Å². The van der Waals surface area contributed by atoms with E-state index in [2.05, 4.69) is 37.5 Å². The predicted molar refractivity (Wildman–Crippen MR) is 139 cm³/mol. The summed E-state index contributed by atoms with van der Waals surface area (Å²) in [7, 11) is 0.